The first kappa shape index (κ1) is 19.8. The fourth-order valence-corrected chi connectivity index (χ4v) is 3.84. The third-order valence-electron chi connectivity index (χ3n) is 3.64. The molecule has 0 unspecified atom stereocenters. The number of benzene rings is 1. The predicted octanol–water partition coefficient (Wildman–Crippen LogP) is 5.11. The summed E-state index contributed by atoms with van der Waals surface area (Å²) in [4.78, 5) is 27.4. The topological polar surface area (TPSA) is 49.4 Å². The van der Waals surface area contributed by atoms with E-state index in [-0.39, 0.29) is 18.4 Å². The lowest BCUT2D eigenvalue weighted by atomic mass is 10.2. The zero-order chi connectivity index (χ0) is 18.4. The van der Waals surface area contributed by atoms with Crippen molar-refractivity contribution in [1.82, 2.24) is 4.90 Å². The van der Waals surface area contributed by atoms with Crippen LogP contribution in [0.4, 0.5) is 5.69 Å². The summed E-state index contributed by atoms with van der Waals surface area (Å²) < 4.78 is 0. The van der Waals surface area contributed by atoms with Crippen molar-refractivity contribution >= 4 is 52.0 Å². The first-order valence-corrected chi connectivity index (χ1v) is 9.70. The molecule has 0 aliphatic carbocycles. The Hall–Kier alpha value is -1.56. The zero-order valence-corrected chi connectivity index (χ0v) is 16.5. The summed E-state index contributed by atoms with van der Waals surface area (Å²) in [6.45, 7) is 4.48. The number of carbonyl (C=O) groups excluding carboxylic acids is 2. The van der Waals surface area contributed by atoms with Gasteiger partial charge in [0.05, 0.1) is 15.6 Å². The smallest absolute Gasteiger partial charge is 0.264 e. The Balaban J connectivity index is 2.10. The van der Waals surface area contributed by atoms with Crippen LogP contribution in [0.5, 0.6) is 0 Å². The van der Waals surface area contributed by atoms with Gasteiger partial charge in [-0.1, -0.05) is 37.0 Å². The maximum atomic E-state index is 12.8. The van der Waals surface area contributed by atoms with Gasteiger partial charge < -0.3 is 10.2 Å². The summed E-state index contributed by atoms with van der Waals surface area (Å²) in [6, 6.07) is 6.81. The molecule has 2 aromatic rings. The Bertz CT molecular complexity index is 761. The highest BCUT2D eigenvalue weighted by Crippen LogP contribution is 2.25. The Kier molecular flexibility index (Phi) is 7.29. The van der Waals surface area contributed by atoms with Crippen molar-refractivity contribution in [1.29, 1.82) is 0 Å². The molecule has 0 bridgehead atoms. The quantitative estimate of drug-likeness (QED) is 0.704. The average Bonchev–Trinajstić information content (AvgIpc) is 3.05. The molecule has 134 valence electrons. The van der Waals surface area contributed by atoms with Gasteiger partial charge in [-0.05, 0) is 48.1 Å². The molecule has 0 radical (unpaired) electrons. The minimum atomic E-state index is -0.291. The van der Waals surface area contributed by atoms with Crippen molar-refractivity contribution in [2.24, 2.45) is 0 Å². The Morgan fingerprint density at radius 1 is 1.20 bits per heavy atom. The second kappa shape index (κ2) is 9.22. The number of thiophene rings is 1. The number of nitrogens with zero attached hydrogens (tertiary/aromatic N) is 1. The average molecular weight is 399 g/mol. The molecule has 4 nitrogen and oxygen atoms in total. The fourth-order valence-electron chi connectivity index (χ4n) is 2.42. The van der Waals surface area contributed by atoms with E-state index in [0.717, 1.165) is 18.4 Å². The van der Waals surface area contributed by atoms with Gasteiger partial charge in [-0.25, -0.2) is 0 Å². The van der Waals surface area contributed by atoms with Crippen molar-refractivity contribution in [2.75, 3.05) is 18.4 Å². The third-order valence-corrected chi connectivity index (χ3v) is 5.13. The number of anilines is 1. The molecule has 7 heteroatoms. The molecule has 1 aromatic carbocycles. The van der Waals surface area contributed by atoms with Crippen LogP contribution >= 0.6 is 34.5 Å². The van der Waals surface area contributed by atoms with E-state index in [1.807, 2.05) is 25.3 Å². The third kappa shape index (κ3) is 5.21. The van der Waals surface area contributed by atoms with Crippen LogP contribution in [-0.2, 0) is 11.2 Å². The summed E-state index contributed by atoms with van der Waals surface area (Å²) in [5.41, 5.74) is 1.49. The molecule has 1 N–H and O–H groups in total. The van der Waals surface area contributed by atoms with Crippen LogP contribution < -0.4 is 5.32 Å². The fraction of sp³-hybridized carbons (Fsp3) is 0.333. The van der Waals surface area contributed by atoms with Gasteiger partial charge in [-0.2, -0.15) is 0 Å². The number of carbonyl (C=O) groups is 2. The highest BCUT2D eigenvalue weighted by Gasteiger charge is 2.21. The summed E-state index contributed by atoms with van der Waals surface area (Å²) in [5, 5.41) is 5.50. The lowest BCUT2D eigenvalue weighted by Gasteiger charge is -2.21. The molecule has 0 saturated heterocycles. The lowest BCUT2D eigenvalue weighted by Crippen LogP contribution is -2.38. The molecular formula is C18H20Cl2N2O2S. The molecule has 25 heavy (non-hydrogen) atoms. The molecule has 2 rings (SSSR count). The SMILES string of the molecule is CCCN(CC(=O)Nc1ccc(Cl)cc1Cl)C(=O)c1sccc1CC. The second-order valence-electron chi connectivity index (χ2n) is 5.53. The zero-order valence-electron chi connectivity index (χ0n) is 14.1. The molecule has 0 aliphatic rings. The number of nitrogens with one attached hydrogen (secondary N) is 1. The van der Waals surface area contributed by atoms with Crippen molar-refractivity contribution < 1.29 is 9.59 Å². The van der Waals surface area contributed by atoms with Gasteiger partial charge in [0.2, 0.25) is 5.91 Å². The van der Waals surface area contributed by atoms with Gasteiger partial charge >= 0.3 is 0 Å². The van der Waals surface area contributed by atoms with Gasteiger partial charge in [0.25, 0.3) is 5.91 Å². The monoisotopic (exact) mass is 398 g/mol. The minimum Gasteiger partial charge on any atom is -0.329 e. The number of hydrogen-bond donors (Lipinski definition) is 1. The Morgan fingerprint density at radius 3 is 2.60 bits per heavy atom. The first-order valence-electron chi connectivity index (χ1n) is 8.06. The van der Waals surface area contributed by atoms with Gasteiger partial charge in [-0.3, -0.25) is 9.59 Å². The largest absolute Gasteiger partial charge is 0.329 e. The number of amides is 2. The number of hydrogen-bond acceptors (Lipinski definition) is 3. The van der Waals surface area contributed by atoms with Crippen molar-refractivity contribution in [2.45, 2.75) is 26.7 Å². The van der Waals surface area contributed by atoms with E-state index in [1.165, 1.54) is 11.3 Å². The molecule has 0 atom stereocenters. The van der Waals surface area contributed by atoms with Crippen LogP contribution in [0.3, 0.4) is 0 Å². The lowest BCUT2D eigenvalue weighted by molar-refractivity contribution is -0.116. The summed E-state index contributed by atoms with van der Waals surface area (Å²) in [5.74, 6) is -0.397. The highest BCUT2D eigenvalue weighted by molar-refractivity contribution is 7.12. The van der Waals surface area contributed by atoms with E-state index in [9.17, 15) is 9.59 Å². The van der Waals surface area contributed by atoms with Crippen LogP contribution in [0.25, 0.3) is 0 Å². The van der Waals surface area contributed by atoms with Crippen LogP contribution in [-0.4, -0.2) is 29.8 Å². The molecule has 1 aromatic heterocycles. The van der Waals surface area contributed by atoms with Gasteiger partial charge in [0, 0.05) is 11.6 Å². The molecular weight excluding hydrogens is 379 g/mol. The molecule has 0 spiro atoms. The Labute approximate surface area is 161 Å². The van der Waals surface area contributed by atoms with Crippen LogP contribution in [0.15, 0.2) is 29.6 Å². The number of aryl methyl sites for hydroxylation is 1. The van der Waals surface area contributed by atoms with Crippen molar-refractivity contribution in [3.63, 3.8) is 0 Å². The standard InChI is InChI=1S/C18H20Cl2N2O2S/c1-3-8-22(18(24)17-12(4-2)7-9-25-17)11-16(23)21-15-6-5-13(19)10-14(15)20/h5-7,9-10H,3-4,8,11H2,1-2H3,(H,21,23). The van der Waals surface area contributed by atoms with Gasteiger partial charge in [0.1, 0.15) is 6.54 Å². The molecule has 2 amide bonds. The highest BCUT2D eigenvalue weighted by atomic mass is 35.5. The van der Waals surface area contributed by atoms with E-state index in [1.54, 1.807) is 23.1 Å². The second-order valence-corrected chi connectivity index (χ2v) is 7.29. The first-order chi connectivity index (χ1) is 12.0. The molecule has 0 aliphatic heterocycles. The summed E-state index contributed by atoms with van der Waals surface area (Å²) in [6.07, 6.45) is 1.56. The molecule has 0 fully saturated rings. The van der Waals surface area contributed by atoms with Crippen LogP contribution in [0.2, 0.25) is 10.0 Å². The van der Waals surface area contributed by atoms with Gasteiger partial charge in [0.15, 0.2) is 0 Å². The van der Waals surface area contributed by atoms with E-state index >= 15 is 0 Å². The van der Waals surface area contributed by atoms with Gasteiger partial charge in [-0.15, -0.1) is 11.3 Å². The normalized spacial score (nSPS) is 10.6. The number of halogens is 2. The predicted molar refractivity (Wildman–Crippen MR) is 105 cm³/mol. The van der Waals surface area contributed by atoms with Crippen LogP contribution in [0.1, 0.15) is 35.5 Å². The maximum absolute atomic E-state index is 12.8. The number of rotatable bonds is 7. The maximum Gasteiger partial charge on any atom is 0.264 e. The minimum absolute atomic E-state index is 0.0211. The Morgan fingerprint density at radius 2 is 1.96 bits per heavy atom. The van der Waals surface area contributed by atoms with E-state index in [2.05, 4.69) is 5.32 Å². The summed E-state index contributed by atoms with van der Waals surface area (Å²) in [7, 11) is 0. The van der Waals surface area contributed by atoms with E-state index in [4.69, 9.17) is 23.2 Å². The molecule has 1 heterocycles. The van der Waals surface area contributed by atoms with E-state index < -0.39 is 0 Å². The van der Waals surface area contributed by atoms with Crippen molar-refractivity contribution in [3.8, 4) is 0 Å². The van der Waals surface area contributed by atoms with Crippen LogP contribution in [0, 0.1) is 0 Å². The van der Waals surface area contributed by atoms with E-state index in [0.29, 0.717) is 27.2 Å². The molecule has 0 saturated carbocycles. The van der Waals surface area contributed by atoms with Crippen molar-refractivity contribution in [3.05, 3.63) is 50.1 Å². The summed E-state index contributed by atoms with van der Waals surface area (Å²) >= 11 is 13.3.